The number of hydrogen-bond acceptors (Lipinski definition) is 3. The molecule has 2 aromatic carbocycles. The molecule has 1 heterocycles. The third-order valence-electron chi connectivity index (χ3n) is 3.06. The fourth-order valence-electron chi connectivity index (χ4n) is 1.91. The van der Waals surface area contributed by atoms with Crippen LogP contribution in [0.1, 0.15) is 11.1 Å². The molecule has 3 rings (SSSR count). The van der Waals surface area contributed by atoms with Gasteiger partial charge in [0.15, 0.2) is 5.82 Å². The van der Waals surface area contributed by atoms with Crippen LogP contribution in [-0.4, -0.2) is 14.8 Å². The Morgan fingerprint density at radius 1 is 1.00 bits per heavy atom. The van der Waals surface area contributed by atoms with E-state index in [0.717, 1.165) is 11.3 Å². The smallest absolute Gasteiger partial charge is 0.181 e. The van der Waals surface area contributed by atoms with Gasteiger partial charge in [0.05, 0.1) is 17.3 Å². The third kappa shape index (κ3) is 2.29. The minimum absolute atomic E-state index is 0.631. The molecule has 0 unspecified atom stereocenters. The van der Waals surface area contributed by atoms with Crippen molar-refractivity contribution >= 4 is 0 Å². The number of rotatable bonds is 2. The SMILES string of the molecule is Cc1ccc(-n2cnc(-c3ccc(C#N)cc3)n2)cc1. The summed E-state index contributed by atoms with van der Waals surface area (Å²) in [5, 5.41) is 13.2. The predicted molar refractivity (Wildman–Crippen MR) is 76.2 cm³/mol. The summed E-state index contributed by atoms with van der Waals surface area (Å²) in [4.78, 5) is 4.31. The quantitative estimate of drug-likeness (QED) is 0.711. The Balaban J connectivity index is 1.93. The van der Waals surface area contributed by atoms with Crippen molar-refractivity contribution in [3.05, 3.63) is 66.0 Å². The van der Waals surface area contributed by atoms with Crippen molar-refractivity contribution in [2.24, 2.45) is 0 Å². The zero-order valence-corrected chi connectivity index (χ0v) is 11.0. The lowest BCUT2D eigenvalue weighted by Crippen LogP contribution is -1.94. The molecule has 0 aliphatic carbocycles. The molecule has 0 N–H and O–H groups in total. The summed E-state index contributed by atoms with van der Waals surface area (Å²) in [6.07, 6.45) is 1.69. The van der Waals surface area contributed by atoms with Crippen LogP contribution in [0.2, 0.25) is 0 Å². The van der Waals surface area contributed by atoms with Crippen LogP contribution in [0.4, 0.5) is 0 Å². The Bertz CT molecular complexity index is 761. The summed E-state index contributed by atoms with van der Waals surface area (Å²) in [7, 11) is 0. The minimum atomic E-state index is 0.631. The molecule has 0 bridgehead atoms. The van der Waals surface area contributed by atoms with E-state index < -0.39 is 0 Å². The molecule has 4 heteroatoms. The van der Waals surface area contributed by atoms with Gasteiger partial charge in [-0.25, -0.2) is 9.67 Å². The van der Waals surface area contributed by atoms with Crippen molar-refractivity contribution in [1.82, 2.24) is 14.8 Å². The highest BCUT2D eigenvalue weighted by molar-refractivity contribution is 5.56. The van der Waals surface area contributed by atoms with Gasteiger partial charge in [-0.3, -0.25) is 0 Å². The zero-order valence-electron chi connectivity index (χ0n) is 11.0. The molecule has 0 atom stereocenters. The van der Waals surface area contributed by atoms with Gasteiger partial charge in [0.2, 0.25) is 0 Å². The maximum absolute atomic E-state index is 8.79. The maximum atomic E-state index is 8.79. The summed E-state index contributed by atoms with van der Waals surface area (Å²) in [5.74, 6) is 0.648. The molecule has 20 heavy (non-hydrogen) atoms. The number of nitriles is 1. The molecule has 3 aromatic rings. The normalized spacial score (nSPS) is 10.2. The van der Waals surface area contributed by atoms with Crippen LogP contribution >= 0.6 is 0 Å². The Labute approximate surface area is 116 Å². The standard InChI is InChI=1S/C16H12N4/c1-12-2-8-15(9-3-12)20-11-18-16(19-20)14-6-4-13(10-17)5-7-14/h2-9,11H,1H3. The van der Waals surface area contributed by atoms with E-state index in [1.807, 2.05) is 43.3 Å². The Kier molecular flexibility index (Phi) is 3.02. The van der Waals surface area contributed by atoms with Gasteiger partial charge in [-0.05, 0) is 43.3 Å². The highest BCUT2D eigenvalue weighted by Gasteiger charge is 2.05. The van der Waals surface area contributed by atoms with Gasteiger partial charge in [-0.2, -0.15) is 5.26 Å². The van der Waals surface area contributed by atoms with E-state index in [0.29, 0.717) is 11.4 Å². The molecule has 0 amide bonds. The highest BCUT2D eigenvalue weighted by Crippen LogP contribution is 2.16. The van der Waals surface area contributed by atoms with E-state index in [2.05, 4.69) is 16.2 Å². The van der Waals surface area contributed by atoms with E-state index in [-0.39, 0.29) is 0 Å². The molecular formula is C16H12N4. The van der Waals surface area contributed by atoms with E-state index in [9.17, 15) is 0 Å². The molecule has 0 aliphatic heterocycles. The van der Waals surface area contributed by atoms with E-state index in [1.165, 1.54) is 5.56 Å². The van der Waals surface area contributed by atoms with Crippen molar-refractivity contribution in [1.29, 1.82) is 5.26 Å². The minimum Gasteiger partial charge on any atom is -0.220 e. The Hall–Kier alpha value is -2.93. The van der Waals surface area contributed by atoms with Crippen LogP contribution in [0, 0.1) is 18.3 Å². The molecule has 4 nitrogen and oxygen atoms in total. The zero-order chi connectivity index (χ0) is 13.9. The van der Waals surface area contributed by atoms with Gasteiger partial charge >= 0.3 is 0 Å². The largest absolute Gasteiger partial charge is 0.220 e. The Morgan fingerprint density at radius 2 is 1.70 bits per heavy atom. The van der Waals surface area contributed by atoms with Crippen molar-refractivity contribution in [3.63, 3.8) is 0 Å². The summed E-state index contributed by atoms with van der Waals surface area (Å²) in [5.41, 5.74) is 3.71. The second-order valence-corrected chi connectivity index (χ2v) is 4.54. The van der Waals surface area contributed by atoms with Gasteiger partial charge in [0, 0.05) is 5.56 Å². The maximum Gasteiger partial charge on any atom is 0.181 e. The van der Waals surface area contributed by atoms with Crippen LogP contribution in [0.15, 0.2) is 54.9 Å². The van der Waals surface area contributed by atoms with Crippen LogP contribution in [-0.2, 0) is 0 Å². The van der Waals surface area contributed by atoms with Crippen LogP contribution < -0.4 is 0 Å². The second kappa shape index (κ2) is 4.98. The first-order valence-corrected chi connectivity index (χ1v) is 6.25. The van der Waals surface area contributed by atoms with Gasteiger partial charge in [-0.15, -0.1) is 5.10 Å². The first-order chi connectivity index (χ1) is 9.76. The van der Waals surface area contributed by atoms with Crippen molar-refractivity contribution in [3.8, 4) is 23.1 Å². The monoisotopic (exact) mass is 260 g/mol. The molecule has 0 saturated heterocycles. The Morgan fingerprint density at radius 3 is 2.35 bits per heavy atom. The summed E-state index contributed by atoms with van der Waals surface area (Å²) >= 11 is 0. The fourth-order valence-corrected chi connectivity index (χ4v) is 1.91. The van der Waals surface area contributed by atoms with Gasteiger partial charge in [-0.1, -0.05) is 17.7 Å². The molecule has 0 fully saturated rings. The van der Waals surface area contributed by atoms with E-state index in [4.69, 9.17) is 5.26 Å². The van der Waals surface area contributed by atoms with Crippen molar-refractivity contribution in [2.45, 2.75) is 6.92 Å². The highest BCUT2D eigenvalue weighted by atomic mass is 15.3. The van der Waals surface area contributed by atoms with Crippen molar-refractivity contribution in [2.75, 3.05) is 0 Å². The summed E-state index contributed by atoms with van der Waals surface area (Å²) in [6, 6.07) is 17.4. The van der Waals surface area contributed by atoms with Gasteiger partial charge < -0.3 is 0 Å². The van der Waals surface area contributed by atoms with Crippen LogP contribution in [0.25, 0.3) is 17.1 Å². The lowest BCUT2D eigenvalue weighted by Gasteiger charge is -2.00. The molecule has 96 valence electrons. The number of hydrogen-bond donors (Lipinski definition) is 0. The lowest BCUT2D eigenvalue weighted by molar-refractivity contribution is 0.881. The number of nitrogens with zero attached hydrogens (tertiary/aromatic N) is 4. The van der Waals surface area contributed by atoms with Gasteiger partial charge in [0.25, 0.3) is 0 Å². The first-order valence-electron chi connectivity index (χ1n) is 6.25. The van der Waals surface area contributed by atoms with Crippen molar-refractivity contribution < 1.29 is 0 Å². The predicted octanol–water partition coefficient (Wildman–Crippen LogP) is 3.11. The number of benzene rings is 2. The molecule has 1 aromatic heterocycles. The molecule has 0 spiro atoms. The van der Waals surface area contributed by atoms with Crippen LogP contribution in [0.5, 0.6) is 0 Å². The van der Waals surface area contributed by atoms with Crippen LogP contribution in [0.3, 0.4) is 0 Å². The average molecular weight is 260 g/mol. The second-order valence-electron chi connectivity index (χ2n) is 4.54. The summed E-state index contributed by atoms with van der Waals surface area (Å²) in [6.45, 7) is 2.05. The lowest BCUT2D eigenvalue weighted by atomic mass is 10.1. The van der Waals surface area contributed by atoms with Gasteiger partial charge in [0.1, 0.15) is 6.33 Å². The molecule has 0 radical (unpaired) electrons. The van der Waals surface area contributed by atoms with E-state index in [1.54, 1.807) is 23.1 Å². The average Bonchev–Trinajstić information content (AvgIpc) is 2.98. The number of aryl methyl sites for hydroxylation is 1. The summed E-state index contributed by atoms with van der Waals surface area (Å²) < 4.78 is 1.74. The number of aromatic nitrogens is 3. The fraction of sp³-hybridized carbons (Fsp3) is 0.0625. The van der Waals surface area contributed by atoms with E-state index >= 15 is 0 Å². The molecular weight excluding hydrogens is 248 g/mol. The third-order valence-corrected chi connectivity index (χ3v) is 3.06. The molecule has 0 aliphatic rings. The first kappa shape index (κ1) is 12.1. The molecule has 0 saturated carbocycles. The topological polar surface area (TPSA) is 54.5 Å².